The predicted octanol–water partition coefficient (Wildman–Crippen LogP) is 0.347. The molecule has 0 bridgehead atoms. The number of nitrogens with zero attached hydrogens (tertiary/aromatic N) is 1. The summed E-state index contributed by atoms with van der Waals surface area (Å²) in [6, 6.07) is 2.88. The number of furan rings is 1. The number of aliphatic hydroxyl groups excluding tert-OH is 1. The van der Waals surface area contributed by atoms with Crippen molar-refractivity contribution >= 4 is 11.9 Å². The SMILES string of the molecule is COC(=O)C1CC(O)CN1C(=O)CCc1ccco1. The summed E-state index contributed by atoms with van der Waals surface area (Å²) in [4.78, 5) is 25.0. The van der Waals surface area contributed by atoms with Crippen molar-refractivity contribution in [1.82, 2.24) is 4.90 Å². The van der Waals surface area contributed by atoms with Gasteiger partial charge in [0.1, 0.15) is 11.8 Å². The summed E-state index contributed by atoms with van der Waals surface area (Å²) < 4.78 is 9.80. The molecule has 0 saturated carbocycles. The van der Waals surface area contributed by atoms with Gasteiger partial charge in [0, 0.05) is 25.8 Å². The van der Waals surface area contributed by atoms with Gasteiger partial charge in [0.15, 0.2) is 0 Å². The topological polar surface area (TPSA) is 80.0 Å². The molecule has 6 nitrogen and oxygen atoms in total. The average Bonchev–Trinajstić information content (AvgIpc) is 3.04. The molecule has 104 valence electrons. The number of aliphatic hydroxyl groups is 1. The van der Waals surface area contributed by atoms with Crippen molar-refractivity contribution in [3.63, 3.8) is 0 Å². The molecule has 1 aromatic heterocycles. The highest BCUT2D eigenvalue weighted by Gasteiger charge is 2.39. The maximum Gasteiger partial charge on any atom is 0.328 e. The van der Waals surface area contributed by atoms with Crippen LogP contribution in [0.2, 0.25) is 0 Å². The molecule has 6 heteroatoms. The molecular weight excluding hydrogens is 250 g/mol. The second-order valence-electron chi connectivity index (χ2n) is 4.55. The van der Waals surface area contributed by atoms with Crippen molar-refractivity contribution in [2.75, 3.05) is 13.7 Å². The largest absolute Gasteiger partial charge is 0.469 e. The maximum absolute atomic E-state index is 12.1. The Morgan fingerprint density at radius 3 is 3.00 bits per heavy atom. The van der Waals surface area contributed by atoms with Crippen LogP contribution in [0, 0.1) is 0 Å². The van der Waals surface area contributed by atoms with E-state index < -0.39 is 18.1 Å². The van der Waals surface area contributed by atoms with Crippen LogP contribution >= 0.6 is 0 Å². The second-order valence-corrected chi connectivity index (χ2v) is 4.55. The first kappa shape index (κ1) is 13.6. The minimum Gasteiger partial charge on any atom is -0.469 e. The molecule has 0 aromatic carbocycles. The number of methoxy groups -OCH3 is 1. The van der Waals surface area contributed by atoms with Gasteiger partial charge in [0.05, 0.1) is 19.5 Å². The van der Waals surface area contributed by atoms with E-state index in [2.05, 4.69) is 4.74 Å². The van der Waals surface area contributed by atoms with Crippen LogP contribution in [-0.4, -0.2) is 47.7 Å². The molecule has 1 aromatic rings. The first-order valence-electron chi connectivity index (χ1n) is 6.19. The third-order valence-corrected chi connectivity index (χ3v) is 3.24. The summed E-state index contributed by atoms with van der Waals surface area (Å²) in [5.41, 5.74) is 0. The molecule has 2 rings (SSSR count). The van der Waals surface area contributed by atoms with Crippen LogP contribution in [0.25, 0.3) is 0 Å². The van der Waals surface area contributed by atoms with Crippen LogP contribution in [0.4, 0.5) is 0 Å². The Bertz CT molecular complexity index is 442. The number of carbonyl (C=O) groups is 2. The third kappa shape index (κ3) is 3.14. The molecule has 1 saturated heterocycles. The van der Waals surface area contributed by atoms with Gasteiger partial charge in [-0.1, -0.05) is 0 Å². The summed E-state index contributed by atoms with van der Waals surface area (Å²) in [5, 5.41) is 9.60. The summed E-state index contributed by atoms with van der Waals surface area (Å²) >= 11 is 0. The first-order valence-corrected chi connectivity index (χ1v) is 6.19. The van der Waals surface area contributed by atoms with Crippen molar-refractivity contribution in [2.24, 2.45) is 0 Å². The zero-order valence-electron chi connectivity index (χ0n) is 10.7. The average molecular weight is 267 g/mol. The lowest BCUT2D eigenvalue weighted by atomic mass is 10.2. The fourth-order valence-corrected chi connectivity index (χ4v) is 2.28. The molecule has 1 fully saturated rings. The van der Waals surface area contributed by atoms with Crippen molar-refractivity contribution in [1.29, 1.82) is 0 Å². The van der Waals surface area contributed by atoms with E-state index in [1.165, 1.54) is 12.0 Å². The van der Waals surface area contributed by atoms with Gasteiger partial charge in [-0.15, -0.1) is 0 Å². The Hall–Kier alpha value is -1.82. The van der Waals surface area contributed by atoms with E-state index in [9.17, 15) is 14.7 Å². The molecule has 2 heterocycles. The number of ether oxygens (including phenoxy) is 1. The van der Waals surface area contributed by atoms with Gasteiger partial charge in [-0.2, -0.15) is 0 Å². The number of amides is 1. The Morgan fingerprint density at radius 1 is 1.58 bits per heavy atom. The molecule has 2 unspecified atom stereocenters. The summed E-state index contributed by atoms with van der Waals surface area (Å²) in [7, 11) is 1.28. The lowest BCUT2D eigenvalue weighted by Gasteiger charge is -2.22. The van der Waals surface area contributed by atoms with Gasteiger partial charge in [-0.05, 0) is 12.1 Å². The fourth-order valence-electron chi connectivity index (χ4n) is 2.28. The molecule has 2 atom stereocenters. The lowest BCUT2D eigenvalue weighted by molar-refractivity contribution is -0.150. The number of β-amino-alcohol motifs (C(OH)–C–C–N with tert-alkyl or cyclic N) is 1. The van der Waals surface area contributed by atoms with E-state index in [0.717, 1.165) is 5.76 Å². The number of esters is 1. The Kier molecular flexibility index (Phi) is 4.21. The third-order valence-electron chi connectivity index (χ3n) is 3.24. The number of hydrogen-bond acceptors (Lipinski definition) is 5. The maximum atomic E-state index is 12.1. The van der Waals surface area contributed by atoms with E-state index in [0.29, 0.717) is 6.42 Å². The number of rotatable bonds is 4. The quantitative estimate of drug-likeness (QED) is 0.796. The van der Waals surface area contributed by atoms with E-state index in [1.54, 1.807) is 18.4 Å². The van der Waals surface area contributed by atoms with E-state index in [-0.39, 0.29) is 25.3 Å². The van der Waals surface area contributed by atoms with Crippen LogP contribution in [0.3, 0.4) is 0 Å². The highest BCUT2D eigenvalue weighted by Crippen LogP contribution is 2.20. The van der Waals surface area contributed by atoms with Gasteiger partial charge in [0.25, 0.3) is 0 Å². The normalized spacial score (nSPS) is 22.5. The minimum absolute atomic E-state index is 0.177. The highest BCUT2D eigenvalue weighted by molar-refractivity contribution is 5.85. The molecule has 1 aliphatic rings. The van der Waals surface area contributed by atoms with Gasteiger partial charge in [-0.3, -0.25) is 4.79 Å². The number of likely N-dealkylation sites (tertiary alicyclic amines) is 1. The van der Waals surface area contributed by atoms with E-state index in [4.69, 9.17) is 4.42 Å². The van der Waals surface area contributed by atoms with Crippen LogP contribution < -0.4 is 0 Å². The van der Waals surface area contributed by atoms with Crippen molar-refractivity contribution in [3.05, 3.63) is 24.2 Å². The predicted molar refractivity (Wildman–Crippen MR) is 65.2 cm³/mol. The van der Waals surface area contributed by atoms with Crippen LogP contribution in [0.1, 0.15) is 18.6 Å². The molecule has 1 aliphatic heterocycles. The second kappa shape index (κ2) is 5.88. The lowest BCUT2D eigenvalue weighted by Crippen LogP contribution is -2.41. The summed E-state index contributed by atoms with van der Waals surface area (Å²) in [6.45, 7) is 0.177. The van der Waals surface area contributed by atoms with Gasteiger partial charge in [-0.25, -0.2) is 4.79 Å². The number of carbonyl (C=O) groups excluding carboxylic acids is 2. The van der Waals surface area contributed by atoms with Gasteiger partial charge in [0.2, 0.25) is 5.91 Å². The minimum atomic E-state index is -0.677. The molecule has 0 spiro atoms. The van der Waals surface area contributed by atoms with Crippen molar-refractivity contribution < 1.29 is 23.8 Å². The monoisotopic (exact) mass is 267 g/mol. The van der Waals surface area contributed by atoms with E-state index >= 15 is 0 Å². The zero-order chi connectivity index (χ0) is 13.8. The molecule has 19 heavy (non-hydrogen) atoms. The zero-order valence-corrected chi connectivity index (χ0v) is 10.7. The molecule has 0 radical (unpaired) electrons. The van der Waals surface area contributed by atoms with Crippen LogP contribution in [-0.2, 0) is 20.7 Å². The fraction of sp³-hybridized carbons (Fsp3) is 0.538. The van der Waals surface area contributed by atoms with E-state index in [1.807, 2.05) is 0 Å². The summed E-state index contributed by atoms with van der Waals surface area (Å²) in [5.74, 6) is 0.0639. The van der Waals surface area contributed by atoms with Crippen LogP contribution in [0.15, 0.2) is 22.8 Å². The van der Waals surface area contributed by atoms with Crippen molar-refractivity contribution in [2.45, 2.75) is 31.4 Å². The Balaban J connectivity index is 1.94. The van der Waals surface area contributed by atoms with Gasteiger partial charge < -0.3 is 19.2 Å². The van der Waals surface area contributed by atoms with Gasteiger partial charge >= 0.3 is 5.97 Å². The Morgan fingerprint density at radius 2 is 2.37 bits per heavy atom. The smallest absolute Gasteiger partial charge is 0.328 e. The molecular formula is C13H17NO5. The first-order chi connectivity index (χ1) is 9.11. The molecule has 1 N–H and O–H groups in total. The highest BCUT2D eigenvalue weighted by atomic mass is 16.5. The van der Waals surface area contributed by atoms with Crippen LogP contribution in [0.5, 0.6) is 0 Å². The standard InChI is InChI=1S/C13H17NO5/c1-18-13(17)11-7-9(15)8-14(11)12(16)5-4-10-3-2-6-19-10/h2-3,6,9,11,15H,4-5,7-8H2,1H3. The molecule has 1 amide bonds. The number of aryl methyl sites for hydroxylation is 1. The molecule has 0 aliphatic carbocycles. The number of hydrogen-bond donors (Lipinski definition) is 1. The van der Waals surface area contributed by atoms with Crippen molar-refractivity contribution in [3.8, 4) is 0 Å². The summed E-state index contributed by atoms with van der Waals surface area (Å²) in [6.07, 6.45) is 1.84. The Labute approximate surface area is 110 Å².